The van der Waals surface area contributed by atoms with Crippen LogP contribution < -0.4 is 14.8 Å². The summed E-state index contributed by atoms with van der Waals surface area (Å²) >= 11 is 0. The molecule has 84 valence electrons. The van der Waals surface area contributed by atoms with Gasteiger partial charge >= 0.3 is 5.97 Å². The first-order valence-electron chi connectivity index (χ1n) is 5.11. The first kappa shape index (κ1) is 9.47. The molecule has 2 heterocycles. The first-order chi connectivity index (χ1) is 7.74. The van der Waals surface area contributed by atoms with Gasteiger partial charge < -0.3 is 19.9 Å². The Morgan fingerprint density at radius 3 is 2.69 bits per heavy atom. The molecule has 0 fully saturated rings. The predicted octanol–water partition coefficient (Wildman–Crippen LogP) is 0.514. The Hall–Kier alpha value is -1.75. The van der Waals surface area contributed by atoms with Crippen LogP contribution in [0.3, 0.4) is 0 Å². The molecule has 2 aliphatic rings. The Balaban J connectivity index is 1.96. The van der Waals surface area contributed by atoms with Crippen LogP contribution in [0.15, 0.2) is 12.1 Å². The molecule has 0 aliphatic carbocycles. The maximum atomic E-state index is 10.9. The fourth-order valence-corrected chi connectivity index (χ4v) is 2.08. The molecule has 5 nitrogen and oxygen atoms in total. The summed E-state index contributed by atoms with van der Waals surface area (Å²) in [6, 6.07) is 3.30. The number of benzene rings is 1. The van der Waals surface area contributed by atoms with Crippen LogP contribution >= 0.6 is 0 Å². The van der Waals surface area contributed by atoms with Crippen molar-refractivity contribution in [3.8, 4) is 11.5 Å². The summed E-state index contributed by atoms with van der Waals surface area (Å²) in [5.41, 5.74) is 2.11. The molecule has 1 aromatic carbocycles. The van der Waals surface area contributed by atoms with Crippen LogP contribution in [0.5, 0.6) is 11.5 Å². The van der Waals surface area contributed by atoms with Gasteiger partial charge in [0.05, 0.1) is 0 Å². The normalized spacial score (nSPS) is 21.6. The number of hydrogen-bond acceptors (Lipinski definition) is 4. The van der Waals surface area contributed by atoms with E-state index in [0.717, 1.165) is 16.9 Å². The Bertz CT molecular complexity index is 458. The van der Waals surface area contributed by atoms with Gasteiger partial charge in [0.25, 0.3) is 0 Å². The quantitative estimate of drug-likeness (QED) is 0.723. The van der Waals surface area contributed by atoms with E-state index in [1.54, 1.807) is 0 Å². The molecular weight excluding hydrogens is 210 g/mol. The van der Waals surface area contributed by atoms with Gasteiger partial charge in [-0.3, -0.25) is 4.79 Å². The van der Waals surface area contributed by atoms with Crippen molar-refractivity contribution in [1.82, 2.24) is 5.32 Å². The van der Waals surface area contributed by atoms with Crippen molar-refractivity contribution < 1.29 is 19.4 Å². The van der Waals surface area contributed by atoms with Crippen LogP contribution in [0.25, 0.3) is 0 Å². The lowest BCUT2D eigenvalue weighted by atomic mass is 9.95. The molecule has 0 radical (unpaired) electrons. The van der Waals surface area contributed by atoms with E-state index in [2.05, 4.69) is 5.32 Å². The van der Waals surface area contributed by atoms with E-state index < -0.39 is 12.0 Å². The zero-order chi connectivity index (χ0) is 11.1. The standard InChI is InChI=1S/C11H11NO4/c13-11(14)8-1-6-2-9-10(16-5-15-9)3-7(6)4-12-8/h2-3,8,12H,1,4-5H2,(H,13,14). The third kappa shape index (κ3) is 1.40. The molecule has 0 saturated heterocycles. The van der Waals surface area contributed by atoms with Crippen LogP contribution in [0.1, 0.15) is 11.1 Å². The van der Waals surface area contributed by atoms with Gasteiger partial charge in [0.15, 0.2) is 11.5 Å². The lowest BCUT2D eigenvalue weighted by Gasteiger charge is -2.23. The minimum atomic E-state index is -0.816. The molecule has 0 aromatic heterocycles. The van der Waals surface area contributed by atoms with Crippen LogP contribution in [0.2, 0.25) is 0 Å². The van der Waals surface area contributed by atoms with Gasteiger partial charge in [0, 0.05) is 6.54 Å². The molecule has 2 aliphatic heterocycles. The molecule has 3 rings (SSSR count). The number of aliphatic carboxylic acids is 1. The molecule has 16 heavy (non-hydrogen) atoms. The minimum Gasteiger partial charge on any atom is -0.480 e. The van der Waals surface area contributed by atoms with Gasteiger partial charge in [-0.15, -0.1) is 0 Å². The molecule has 5 heteroatoms. The Morgan fingerprint density at radius 2 is 2.00 bits per heavy atom. The van der Waals surface area contributed by atoms with Gasteiger partial charge in [-0.05, 0) is 29.7 Å². The molecule has 1 aromatic rings. The number of carbonyl (C=O) groups is 1. The summed E-state index contributed by atoms with van der Waals surface area (Å²) in [6.07, 6.45) is 0.487. The van der Waals surface area contributed by atoms with Crippen molar-refractivity contribution >= 4 is 5.97 Å². The smallest absolute Gasteiger partial charge is 0.321 e. The molecule has 0 saturated carbocycles. The van der Waals surface area contributed by atoms with Crippen molar-refractivity contribution in [1.29, 1.82) is 0 Å². The average Bonchev–Trinajstić information content (AvgIpc) is 2.71. The molecule has 0 bridgehead atoms. The summed E-state index contributed by atoms with van der Waals surface area (Å²) in [5.74, 6) is 0.641. The van der Waals surface area contributed by atoms with Crippen LogP contribution in [0, 0.1) is 0 Å². The average molecular weight is 221 g/mol. The van der Waals surface area contributed by atoms with Gasteiger partial charge in [0.1, 0.15) is 6.04 Å². The lowest BCUT2D eigenvalue weighted by molar-refractivity contribution is -0.139. The molecule has 2 N–H and O–H groups in total. The van der Waals surface area contributed by atoms with Crippen molar-refractivity contribution in [2.24, 2.45) is 0 Å². The Labute approximate surface area is 92.0 Å². The fourth-order valence-electron chi connectivity index (χ4n) is 2.08. The van der Waals surface area contributed by atoms with Crippen LogP contribution in [-0.2, 0) is 17.8 Å². The second kappa shape index (κ2) is 3.38. The minimum absolute atomic E-state index is 0.244. The Morgan fingerprint density at radius 1 is 1.31 bits per heavy atom. The summed E-state index contributed by atoms with van der Waals surface area (Å²) < 4.78 is 10.5. The number of hydrogen-bond donors (Lipinski definition) is 2. The van der Waals surface area contributed by atoms with Gasteiger partial charge in [-0.2, -0.15) is 0 Å². The SMILES string of the molecule is O=C(O)C1Cc2cc3c(cc2CN1)OCO3. The summed E-state index contributed by atoms with van der Waals surface area (Å²) in [5, 5.41) is 11.9. The fraction of sp³-hybridized carbons (Fsp3) is 0.364. The molecule has 0 spiro atoms. The predicted molar refractivity (Wildman–Crippen MR) is 54.5 cm³/mol. The summed E-state index contributed by atoms with van der Waals surface area (Å²) in [6.45, 7) is 0.803. The second-order valence-electron chi connectivity index (χ2n) is 3.95. The number of nitrogens with one attached hydrogen (secondary N) is 1. The summed E-state index contributed by atoms with van der Waals surface area (Å²) in [4.78, 5) is 10.9. The number of carboxylic acids is 1. The van der Waals surface area contributed by atoms with Crippen molar-refractivity contribution in [2.45, 2.75) is 19.0 Å². The van der Waals surface area contributed by atoms with Gasteiger partial charge in [-0.25, -0.2) is 0 Å². The monoisotopic (exact) mass is 221 g/mol. The number of rotatable bonds is 1. The third-order valence-electron chi connectivity index (χ3n) is 2.96. The van der Waals surface area contributed by atoms with Crippen LogP contribution in [-0.4, -0.2) is 23.9 Å². The largest absolute Gasteiger partial charge is 0.480 e. The second-order valence-corrected chi connectivity index (χ2v) is 3.95. The highest BCUT2D eigenvalue weighted by Gasteiger charge is 2.26. The topological polar surface area (TPSA) is 67.8 Å². The molecular formula is C11H11NO4. The van der Waals surface area contributed by atoms with Crippen molar-refractivity contribution in [3.63, 3.8) is 0 Å². The zero-order valence-electron chi connectivity index (χ0n) is 8.53. The highest BCUT2D eigenvalue weighted by atomic mass is 16.7. The number of fused-ring (bicyclic) bond motifs is 2. The number of ether oxygens (including phenoxy) is 2. The molecule has 1 unspecified atom stereocenters. The van der Waals surface area contributed by atoms with E-state index in [9.17, 15) is 4.79 Å². The third-order valence-corrected chi connectivity index (χ3v) is 2.96. The maximum absolute atomic E-state index is 10.9. The van der Waals surface area contributed by atoms with Gasteiger partial charge in [0.2, 0.25) is 6.79 Å². The maximum Gasteiger partial charge on any atom is 0.321 e. The van der Waals surface area contributed by atoms with E-state index in [0.29, 0.717) is 18.7 Å². The van der Waals surface area contributed by atoms with Crippen LogP contribution in [0.4, 0.5) is 0 Å². The van der Waals surface area contributed by atoms with Gasteiger partial charge in [-0.1, -0.05) is 0 Å². The van der Waals surface area contributed by atoms with E-state index in [1.165, 1.54) is 0 Å². The van der Waals surface area contributed by atoms with E-state index >= 15 is 0 Å². The molecule has 0 amide bonds. The number of carboxylic acid groups (broad SMARTS) is 1. The van der Waals surface area contributed by atoms with E-state index in [-0.39, 0.29) is 6.79 Å². The highest BCUT2D eigenvalue weighted by molar-refractivity contribution is 5.74. The van der Waals surface area contributed by atoms with Crippen molar-refractivity contribution in [2.75, 3.05) is 6.79 Å². The van der Waals surface area contributed by atoms with E-state index in [1.807, 2.05) is 12.1 Å². The highest BCUT2D eigenvalue weighted by Crippen LogP contribution is 2.36. The Kier molecular flexibility index (Phi) is 2.00. The first-order valence-corrected chi connectivity index (χ1v) is 5.11. The zero-order valence-corrected chi connectivity index (χ0v) is 8.53. The summed E-state index contributed by atoms with van der Waals surface area (Å²) in [7, 11) is 0. The lowest BCUT2D eigenvalue weighted by Crippen LogP contribution is -2.41. The van der Waals surface area contributed by atoms with Crippen molar-refractivity contribution in [3.05, 3.63) is 23.3 Å². The molecule has 1 atom stereocenters. The van der Waals surface area contributed by atoms with E-state index in [4.69, 9.17) is 14.6 Å².